The Balaban J connectivity index is 2.14. The van der Waals surface area contributed by atoms with E-state index in [1.807, 2.05) is 13.8 Å². The molecular weight excluding hydrogens is 204 g/mol. The Morgan fingerprint density at radius 3 is 2.62 bits per heavy atom. The van der Waals surface area contributed by atoms with Crippen LogP contribution >= 0.6 is 0 Å². The third-order valence-electron chi connectivity index (χ3n) is 3.10. The summed E-state index contributed by atoms with van der Waals surface area (Å²) in [7, 11) is 2.12. The molecule has 1 saturated heterocycles. The zero-order chi connectivity index (χ0) is 12.0. The van der Waals surface area contributed by atoms with Gasteiger partial charge in [-0.25, -0.2) is 0 Å². The molecule has 0 spiro atoms. The molecule has 0 aromatic heterocycles. The lowest BCUT2D eigenvalue weighted by molar-refractivity contribution is -0.124. The number of carbonyl (C=O) groups excluding carboxylic acids is 1. The van der Waals surface area contributed by atoms with Gasteiger partial charge < -0.3 is 15.0 Å². The molecule has 94 valence electrons. The van der Waals surface area contributed by atoms with Crippen molar-refractivity contribution in [2.45, 2.75) is 32.7 Å². The number of hydrogen-bond acceptors (Lipinski definition) is 3. The lowest BCUT2D eigenvalue weighted by atomic mass is 10.1. The zero-order valence-electron chi connectivity index (χ0n) is 10.7. The number of rotatable bonds is 5. The Bertz CT molecular complexity index is 213. The van der Waals surface area contributed by atoms with Crippen LogP contribution in [0.5, 0.6) is 0 Å². The second-order valence-electron chi connectivity index (χ2n) is 4.77. The average molecular weight is 228 g/mol. The molecule has 0 saturated carbocycles. The van der Waals surface area contributed by atoms with Gasteiger partial charge in [-0.15, -0.1) is 0 Å². The van der Waals surface area contributed by atoms with Crippen molar-refractivity contribution < 1.29 is 9.53 Å². The summed E-state index contributed by atoms with van der Waals surface area (Å²) in [6.07, 6.45) is 2.21. The molecule has 1 heterocycles. The van der Waals surface area contributed by atoms with Crippen molar-refractivity contribution in [3.63, 3.8) is 0 Å². The van der Waals surface area contributed by atoms with Crippen LogP contribution in [0.2, 0.25) is 0 Å². The van der Waals surface area contributed by atoms with Gasteiger partial charge in [-0.05, 0) is 19.9 Å². The fourth-order valence-electron chi connectivity index (χ4n) is 1.87. The summed E-state index contributed by atoms with van der Waals surface area (Å²) in [5.74, 6) is 0.216. The van der Waals surface area contributed by atoms with Crippen LogP contribution in [0.25, 0.3) is 0 Å². The van der Waals surface area contributed by atoms with E-state index in [-0.39, 0.29) is 11.8 Å². The first-order chi connectivity index (χ1) is 7.61. The van der Waals surface area contributed by atoms with Gasteiger partial charge in [0.25, 0.3) is 0 Å². The van der Waals surface area contributed by atoms with E-state index in [9.17, 15) is 4.79 Å². The Labute approximate surface area is 98.3 Å². The molecule has 0 unspecified atom stereocenters. The minimum atomic E-state index is 0.0772. The van der Waals surface area contributed by atoms with Crippen molar-refractivity contribution >= 4 is 5.91 Å². The van der Waals surface area contributed by atoms with Gasteiger partial charge in [0.1, 0.15) is 0 Å². The standard InChI is InChI=1S/C12H24N2O2/c1-10(2)12(15)13-6-7-14(3)11-4-8-16-9-5-11/h10-11H,4-9H2,1-3H3,(H,13,15). The van der Waals surface area contributed by atoms with Crippen LogP contribution in [-0.4, -0.2) is 50.2 Å². The molecule has 4 heteroatoms. The second kappa shape index (κ2) is 6.86. The fraction of sp³-hybridized carbons (Fsp3) is 0.917. The molecule has 0 aromatic carbocycles. The van der Waals surface area contributed by atoms with Gasteiger partial charge in [-0.2, -0.15) is 0 Å². The summed E-state index contributed by atoms with van der Waals surface area (Å²) in [4.78, 5) is 13.7. The third-order valence-corrected chi connectivity index (χ3v) is 3.10. The topological polar surface area (TPSA) is 41.6 Å². The number of hydrogen-bond donors (Lipinski definition) is 1. The van der Waals surface area contributed by atoms with Gasteiger partial charge >= 0.3 is 0 Å². The minimum Gasteiger partial charge on any atom is -0.381 e. The minimum absolute atomic E-state index is 0.0772. The SMILES string of the molecule is CC(C)C(=O)NCCN(C)C1CCOCC1. The largest absolute Gasteiger partial charge is 0.381 e. The van der Waals surface area contributed by atoms with Crippen molar-refractivity contribution in [3.8, 4) is 0 Å². The van der Waals surface area contributed by atoms with E-state index < -0.39 is 0 Å². The van der Waals surface area contributed by atoms with Crippen LogP contribution in [0, 0.1) is 5.92 Å². The maximum Gasteiger partial charge on any atom is 0.222 e. The monoisotopic (exact) mass is 228 g/mol. The van der Waals surface area contributed by atoms with Crippen molar-refractivity contribution in [1.29, 1.82) is 0 Å². The average Bonchev–Trinajstić information content (AvgIpc) is 2.29. The molecule has 0 bridgehead atoms. The van der Waals surface area contributed by atoms with Gasteiger partial charge in [0, 0.05) is 38.3 Å². The lowest BCUT2D eigenvalue weighted by Crippen LogP contribution is -2.41. The molecule has 0 radical (unpaired) electrons. The van der Waals surface area contributed by atoms with E-state index >= 15 is 0 Å². The van der Waals surface area contributed by atoms with Crippen LogP contribution in [0.1, 0.15) is 26.7 Å². The summed E-state index contributed by atoms with van der Waals surface area (Å²) in [5.41, 5.74) is 0. The van der Waals surface area contributed by atoms with Gasteiger partial charge in [-0.3, -0.25) is 4.79 Å². The van der Waals surface area contributed by atoms with E-state index in [1.165, 1.54) is 0 Å². The first-order valence-electron chi connectivity index (χ1n) is 6.17. The van der Waals surface area contributed by atoms with Gasteiger partial charge in [0.05, 0.1) is 0 Å². The predicted molar refractivity (Wildman–Crippen MR) is 64.3 cm³/mol. The Morgan fingerprint density at radius 1 is 1.44 bits per heavy atom. The van der Waals surface area contributed by atoms with E-state index in [0.29, 0.717) is 6.04 Å². The fourth-order valence-corrected chi connectivity index (χ4v) is 1.87. The number of nitrogens with zero attached hydrogens (tertiary/aromatic N) is 1. The normalized spacial score (nSPS) is 18.1. The van der Waals surface area contributed by atoms with Crippen LogP contribution in [-0.2, 0) is 9.53 Å². The molecule has 1 amide bonds. The van der Waals surface area contributed by atoms with Gasteiger partial charge in [0.2, 0.25) is 5.91 Å². The first kappa shape index (κ1) is 13.5. The van der Waals surface area contributed by atoms with Crippen molar-refractivity contribution in [2.24, 2.45) is 5.92 Å². The summed E-state index contributed by atoms with van der Waals surface area (Å²) in [6, 6.07) is 0.615. The Kier molecular flexibility index (Phi) is 5.77. The molecule has 0 atom stereocenters. The first-order valence-corrected chi connectivity index (χ1v) is 6.17. The van der Waals surface area contributed by atoms with Crippen LogP contribution in [0.3, 0.4) is 0 Å². The summed E-state index contributed by atoms with van der Waals surface area (Å²) in [6.45, 7) is 7.23. The van der Waals surface area contributed by atoms with E-state index in [4.69, 9.17) is 4.74 Å². The highest BCUT2D eigenvalue weighted by atomic mass is 16.5. The van der Waals surface area contributed by atoms with Crippen LogP contribution in [0.4, 0.5) is 0 Å². The Hall–Kier alpha value is -0.610. The summed E-state index contributed by atoms with van der Waals surface area (Å²) >= 11 is 0. The van der Waals surface area contributed by atoms with Crippen molar-refractivity contribution in [1.82, 2.24) is 10.2 Å². The third kappa shape index (κ3) is 4.49. The van der Waals surface area contributed by atoms with Gasteiger partial charge in [0.15, 0.2) is 0 Å². The molecule has 0 aliphatic carbocycles. The highest BCUT2D eigenvalue weighted by Gasteiger charge is 2.18. The quantitative estimate of drug-likeness (QED) is 0.759. The molecule has 0 aromatic rings. The molecule has 1 rings (SSSR count). The van der Waals surface area contributed by atoms with Gasteiger partial charge in [-0.1, -0.05) is 13.8 Å². The zero-order valence-corrected chi connectivity index (χ0v) is 10.7. The molecular formula is C12H24N2O2. The lowest BCUT2D eigenvalue weighted by Gasteiger charge is -2.31. The van der Waals surface area contributed by atoms with Crippen molar-refractivity contribution in [3.05, 3.63) is 0 Å². The number of likely N-dealkylation sites (N-methyl/N-ethyl adjacent to an activating group) is 1. The highest BCUT2D eigenvalue weighted by Crippen LogP contribution is 2.11. The predicted octanol–water partition coefficient (Wildman–Crippen LogP) is 0.869. The molecule has 4 nitrogen and oxygen atoms in total. The molecule has 1 aliphatic heterocycles. The smallest absolute Gasteiger partial charge is 0.222 e. The van der Waals surface area contributed by atoms with Crippen LogP contribution in [0.15, 0.2) is 0 Å². The number of carbonyl (C=O) groups is 1. The number of amides is 1. The molecule has 1 aliphatic rings. The van der Waals surface area contributed by atoms with Crippen LogP contribution < -0.4 is 5.32 Å². The molecule has 16 heavy (non-hydrogen) atoms. The van der Waals surface area contributed by atoms with E-state index in [2.05, 4.69) is 17.3 Å². The summed E-state index contributed by atoms with van der Waals surface area (Å²) in [5, 5.41) is 2.94. The van der Waals surface area contributed by atoms with E-state index in [0.717, 1.165) is 39.1 Å². The molecule has 1 fully saturated rings. The van der Waals surface area contributed by atoms with Crippen molar-refractivity contribution in [2.75, 3.05) is 33.4 Å². The van der Waals surface area contributed by atoms with E-state index in [1.54, 1.807) is 0 Å². The number of nitrogens with one attached hydrogen (secondary N) is 1. The number of ether oxygens (including phenoxy) is 1. The molecule has 1 N–H and O–H groups in total. The maximum atomic E-state index is 11.4. The Morgan fingerprint density at radius 2 is 2.06 bits per heavy atom. The highest BCUT2D eigenvalue weighted by molar-refractivity contribution is 5.77. The summed E-state index contributed by atoms with van der Waals surface area (Å²) < 4.78 is 5.33. The second-order valence-corrected chi connectivity index (χ2v) is 4.77. The maximum absolute atomic E-state index is 11.4.